The average Bonchev–Trinajstić information content (AvgIpc) is 2.93. The third kappa shape index (κ3) is 5.59. The first-order valence-electron chi connectivity index (χ1n) is 9.29. The van der Waals surface area contributed by atoms with Crippen LogP contribution in [-0.2, 0) is 28.5 Å². The summed E-state index contributed by atoms with van der Waals surface area (Å²) in [6.07, 6.45) is -1.74. The van der Waals surface area contributed by atoms with Gasteiger partial charge in [-0.05, 0) is 40.7 Å². The summed E-state index contributed by atoms with van der Waals surface area (Å²) >= 11 is 0. The molecule has 1 saturated heterocycles. The lowest BCUT2D eigenvalue weighted by atomic mass is 9.87. The molecule has 0 unspecified atom stereocenters. The van der Waals surface area contributed by atoms with Gasteiger partial charge in [-0.3, -0.25) is 0 Å². The van der Waals surface area contributed by atoms with E-state index in [0.717, 1.165) is 0 Å². The summed E-state index contributed by atoms with van der Waals surface area (Å²) in [6, 6.07) is -0.618. The molecule has 2 aliphatic rings. The highest BCUT2D eigenvalue weighted by atomic mass is 16.7. The minimum absolute atomic E-state index is 0.0936. The topological polar surface area (TPSA) is 113 Å². The SMILES string of the molecule is COC(=O)C1=C[C@H](NC(=O)OC(C)(C)C)[C@@H](C)[C@H]([C@H](O)[C@H]2COC(C)(C)O2)O1. The number of aliphatic hydroxyl groups is 1. The Labute approximate surface area is 165 Å². The molecule has 0 aromatic rings. The number of rotatable bonds is 4. The van der Waals surface area contributed by atoms with E-state index in [2.05, 4.69) is 5.32 Å². The summed E-state index contributed by atoms with van der Waals surface area (Å²) in [4.78, 5) is 24.2. The number of carbonyl (C=O) groups excluding carboxylic acids is 2. The van der Waals surface area contributed by atoms with E-state index in [0.29, 0.717) is 0 Å². The molecule has 0 spiro atoms. The minimum Gasteiger partial charge on any atom is -0.480 e. The Kier molecular flexibility index (Phi) is 6.62. The maximum Gasteiger partial charge on any atom is 0.408 e. The molecular weight excluding hydrogens is 370 g/mol. The minimum atomic E-state index is -1.09. The number of ether oxygens (including phenoxy) is 5. The molecule has 5 atom stereocenters. The number of carbonyl (C=O) groups is 2. The smallest absolute Gasteiger partial charge is 0.408 e. The van der Waals surface area contributed by atoms with Crippen molar-refractivity contribution in [1.82, 2.24) is 5.32 Å². The highest BCUT2D eigenvalue weighted by Crippen LogP contribution is 2.32. The first-order chi connectivity index (χ1) is 12.8. The number of amides is 1. The molecule has 0 saturated carbocycles. The standard InChI is InChI=1S/C19H31NO8/c1-10-11(20-17(23)28-18(2,3)4)8-12(16(22)24-7)26-15(10)14(21)13-9-25-19(5,6)27-13/h8,10-11,13-15,21H,9H2,1-7H3,(H,20,23)/t10-,11+,13-,14-,15-/m1/s1. The fraction of sp³-hybridized carbons (Fsp3) is 0.789. The van der Waals surface area contributed by atoms with Gasteiger partial charge in [-0.1, -0.05) is 6.92 Å². The molecule has 2 aliphatic heterocycles. The van der Waals surface area contributed by atoms with Crippen LogP contribution in [0.1, 0.15) is 41.5 Å². The van der Waals surface area contributed by atoms with E-state index in [1.165, 1.54) is 13.2 Å². The van der Waals surface area contributed by atoms with E-state index in [9.17, 15) is 14.7 Å². The second-order valence-corrected chi connectivity index (χ2v) is 8.49. The van der Waals surface area contributed by atoms with Gasteiger partial charge in [0, 0.05) is 5.92 Å². The van der Waals surface area contributed by atoms with Crippen LogP contribution in [0.5, 0.6) is 0 Å². The molecule has 9 nitrogen and oxygen atoms in total. The van der Waals surface area contributed by atoms with Crippen molar-refractivity contribution >= 4 is 12.1 Å². The highest BCUT2D eigenvalue weighted by molar-refractivity contribution is 5.86. The molecule has 0 aromatic carbocycles. The largest absolute Gasteiger partial charge is 0.480 e. The van der Waals surface area contributed by atoms with Crippen molar-refractivity contribution in [3.63, 3.8) is 0 Å². The summed E-state index contributed by atoms with van der Waals surface area (Å²) in [5.41, 5.74) is -0.674. The van der Waals surface area contributed by atoms with Gasteiger partial charge in [-0.25, -0.2) is 9.59 Å². The Morgan fingerprint density at radius 1 is 1.36 bits per heavy atom. The number of esters is 1. The van der Waals surface area contributed by atoms with E-state index in [1.807, 2.05) is 0 Å². The van der Waals surface area contributed by atoms with Crippen LogP contribution in [0.2, 0.25) is 0 Å². The monoisotopic (exact) mass is 401 g/mol. The van der Waals surface area contributed by atoms with Crippen molar-refractivity contribution in [2.24, 2.45) is 5.92 Å². The van der Waals surface area contributed by atoms with Gasteiger partial charge < -0.3 is 34.1 Å². The van der Waals surface area contributed by atoms with Gasteiger partial charge in [0.1, 0.15) is 23.9 Å². The van der Waals surface area contributed by atoms with Crippen molar-refractivity contribution in [2.75, 3.05) is 13.7 Å². The number of nitrogens with one attached hydrogen (secondary N) is 1. The Morgan fingerprint density at radius 2 is 2.00 bits per heavy atom. The predicted octanol–water partition coefficient (Wildman–Crippen LogP) is 1.48. The van der Waals surface area contributed by atoms with Crippen LogP contribution in [-0.4, -0.2) is 66.6 Å². The van der Waals surface area contributed by atoms with Crippen LogP contribution in [0.3, 0.4) is 0 Å². The van der Waals surface area contributed by atoms with Crippen molar-refractivity contribution in [2.45, 2.75) is 77.3 Å². The number of hydrogen-bond donors (Lipinski definition) is 2. The zero-order chi connectivity index (χ0) is 21.3. The quantitative estimate of drug-likeness (QED) is 0.681. The molecule has 0 bridgehead atoms. The molecular formula is C19H31NO8. The maximum absolute atomic E-state index is 12.2. The molecule has 0 radical (unpaired) electrons. The second-order valence-electron chi connectivity index (χ2n) is 8.49. The summed E-state index contributed by atoms with van der Waals surface area (Å²) in [7, 11) is 1.22. The molecule has 2 N–H and O–H groups in total. The summed E-state index contributed by atoms with van der Waals surface area (Å²) in [5, 5.41) is 13.6. The van der Waals surface area contributed by atoms with Crippen LogP contribution in [0.15, 0.2) is 11.8 Å². The van der Waals surface area contributed by atoms with E-state index in [4.69, 9.17) is 23.7 Å². The molecule has 0 aliphatic carbocycles. The normalized spacial score (nSPS) is 30.6. The first kappa shape index (κ1) is 22.4. The van der Waals surface area contributed by atoms with Gasteiger partial charge in [0.25, 0.3) is 0 Å². The fourth-order valence-electron chi connectivity index (χ4n) is 3.12. The average molecular weight is 401 g/mol. The van der Waals surface area contributed by atoms with Gasteiger partial charge in [0.2, 0.25) is 5.76 Å². The molecule has 2 rings (SSSR count). The zero-order valence-electron chi connectivity index (χ0n) is 17.5. The van der Waals surface area contributed by atoms with E-state index in [-0.39, 0.29) is 18.3 Å². The maximum atomic E-state index is 12.2. The molecule has 28 heavy (non-hydrogen) atoms. The lowest BCUT2D eigenvalue weighted by Gasteiger charge is -2.38. The molecule has 160 valence electrons. The lowest BCUT2D eigenvalue weighted by molar-refractivity contribution is -0.171. The van der Waals surface area contributed by atoms with Gasteiger partial charge in [0.05, 0.1) is 19.8 Å². The summed E-state index contributed by atoms with van der Waals surface area (Å²) in [6.45, 7) is 10.7. The zero-order valence-corrected chi connectivity index (χ0v) is 17.5. The number of aliphatic hydroxyl groups excluding tert-OH is 1. The number of alkyl carbamates (subject to hydrolysis) is 1. The second kappa shape index (κ2) is 8.26. The van der Waals surface area contributed by atoms with Crippen LogP contribution in [0.25, 0.3) is 0 Å². The molecule has 9 heteroatoms. The summed E-state index contributed by atoms with van der Waals surface area (Å²) in [5.74, 6) is -2.00. The van der Waals surface area contributed by atoms with Crippen LogP contribution in [0.4, 0.5) is 4.79 Å². The molecule has 2 heterocycles. The van der Waals surface area contributed by atoms with E-state index in [1.54, 1.807) is 41.5 Å². The summed E-state index contributed by atoms with van der Waals surface area (Å²) < 4.78 is 27.0. The molecule has 0 aromatic heterocycles. The molecule has 1 fully saturated rings. The Bertz CT molecular complexity index is 624. The van der Waals surface area contributed by atoms with Crippen LogP contribution >= 0.6 is 0 Å². The Hall–Kier alpha value is -1.84. The third-order valence-electron chi connectivity index (χ3n) is 4.50. The first-order valence-corrected chi connectivity index (χ1v) is 9.29. The Morgan fingerprint density at radius 3 is 2.50 bits per heavy atom. The van der Waals surface area contributed by atoms with E-state index < -0.39 is 47.8 Å². The van der Waals surface area contributed by atoms with Gasteiger partial charge >= 0.3 is 12.1 Å². The van der Waals surface area contributed by atoms with E-state index >= 15 is 0 Å². The predicted molar refractivity (Wildman–Crippen MR) is 98.2 cm³/mol. The van der Waals surface area contributed by atoms with Crippen molar-refractivity contribution in [3.8, 4) is 0 Å². The van der Waals surface area contributed by atoms with Gasteiger partial charge in [0.15, 0.2) is 5.79 Å². The van der Waals surface area contributed by atoms with Crippen molar-refractivity contribution in [3.05, 3.63) is 11.8 Å². The van der Waals surface area contributed by atoms with Crippen molar-refractivity contribution < 1.29 is 38.4 Å². The Balaban J connectivity index is 2.19. The van der Waals surface area contributed by atoms with Gasteiger partial charge in [-0.2, -0.15) is 0 Å². The molecule has 1 amide bonds. The lowest BCUT2D eigenvalue weighted by Crippen LogP contribution is -2.54. The fourth-order valence-corrected chi connectivity index (χ4v) is 3.12. The van der Waals surface area contributed by atoms with Crippen LogP contribution < -0.4 is 5.32 Å². The van der Waals surface area contributed by atoms with Gasteiger partial charge in [-0.15, -0.1) is 0 Å². The highest BCUT2D eigenvalue weighted by Gasteiger charge is 2.46. The van der Waals surface area contributed by atoms with Crippen LogP contribution in [0, 0.1) is 5.92 Å². The number of hydrogen-bond acceptors (Lipinski definition) is 8. The van der Waals surface area contributed by atoms with Crippen molar-refractivity contribution in [1.29, 1.82) is 0 Å². The number of methoxy groups -OCH3 is 1. The third-order valence-corrected chi connectivity index (χ3v) is 4.50.